The summed E-state index contributed by atoms with van der Waals surface area (Å²) in [7, 11) is 0. The Hall–Kier alpha value is -0.780. The Morgan fingerprint density at radius 2 is 2.18 bits per heavy atom. The lowest BCUT2D eigenvalue weighted by Crippen LogP contribution is -2.08. The minimum atomic E-state index is 0.677. The second-order valence-corrected chi connectivity index (χ2v) is 2.68. The van der Waals surface area contributed by atoms with Gasteiger partial charge in [-0.1, -0.05) is 28.7 Å². The maximum Gasteiger partial charge on any atom is 0.0924 e. The van der Waals surface area contributed by atoms with Crippen LogP contribution in [0.4, 0.5) is 0 Å². The molecule has 3 nitrogen and oxygen atoms in total. The maximum absolute atomic E-state index is 5.53. The Kier molecular flexibility index (Phi) is 2.70. The first kappa shape index (κ1) is 8.32. The Labute approximate surface area is 78.7 Å². The summed E-state index contributed by atoms with van der Waals surface area (Å²) in [5, 5.41) is 3.59. The summed E-state index contributed by atoms with van der Waals surface area (Å²) in [5.41, 5.74) is 7.91. The molecule has 0 saturated carbocycles. The van der Waals surface area contributed by atoms with Gasteiger partial charge in [0.15, 0.2) is 0 Å². The first-order valence-electron chi connectivity index (χ1n) is 3.02. The molecule has 1 aliphatic rings. The van der Waals surface area contributed by atoms with Crippen LogP contribution in [0.2, 0.25) is 0 Å². The van der Waals surface area contributed by atoms with Crippen molar-refractivity contribution >= 4 is 28.3 Å². The van der Waals surface area contributed by atoms with Crippen molar-refractivity contribution in [2.75, 3.05) is 0 Å². The monoisotopic (exact) mass is 261 g/mol. The van der Waals surface area contributed by atoms with Crippen molar-refractivity contribution in [2.45, 2.75) is 0 Å². The quantitative estimate of drug-likeness (QED) is 0.388. The van der Waals surface area contributed by atoms with Gasteiger partial charge in [-0.05, 0) is 16.2 Å². The number of nitrogens with two attached hydrogens (primary N) is 2. The molecule has 0 aromatic rings. The highest BCUT2D eigenvalue weighted by atomic mass is 127. The Morgan fingerprint density at radius 1 is 1.45 bits per heavy atom. The lowest BCUT2D eigenvalue weighted by Gasteiger charge is -2.05. The van der Waals surface area contributed by atoms with Gasteiger partial charge >= 0.3 is 0 Å². The SMILES string of the molecule is N/N=C1/C=C(N)C=C/C1=C/I. The van der Waals surface area contributed by atoms with Gasteiger partial charge in [-0.15, -0.1) is 0 Å². The molecule has 1 rings (SSSR count). The highest BCUT2D eigenvalue weighted by Gasteiger charge is 2.04. The van der Waals surface area contributed by atoms with E-state index in [9.17, 15) is 0 Å². The van der Waals surface area contributed by atoms with E-state index in [4.69, 9.17) is 11.6 Å². The molecule has 0 heterocycles. The molecule has 4 N–H and O–H groups in total. The molecule has 0 radical (unpaired) electrons. The molecule has 0 aromatic heterocycles. The molecule has 0 atom stereocenters. The average Bonchev–Trinajstić information content (AvgIpc) is 2.04. The van der Waals surface area contributed by atoms with Gasteiger partial charge in [0.05, 0.1) is 5.71 Å². The number of hydrogen-bond acceptors (Lipinski definition) is 3. The predicted octanol–water partition coefficient (Wildman–Crippen LogP) is 1.03. The standard InChI is InChI=1S/C7H8IN3/c8-4-5-1-2-6(9)3-7(5)11-10/h1-4H,9-10H2/b5-4-,11-7-. The molecule has 58 valence electrons. The summed E-state index contributed by atoms with van der Waals surface area (Å²) in [6, 6.07) is 0. The fourth-order valence-corrected chi connectivity index (χ4v) is 1.29. The summed E-state index contributed by atoms with van der Waals surface area (Å²) in [6.07, 6.45) is 5.44. The molecular weight excluding hydrogens is 253 g/mol. The molecule has 0 aliphatic heterocycles. The lowest BCUT2D eigenvalue weighted by molar-refractivity contribution is 1.24. The van der Waals surface area contributed by atoms with Crippen LogP contribution in [0.1, 0.15) is 0 Å². The minimum Gasteiger partial charge on any atom is -0.399 e. The van der Waals surface area contributed by atoms with Crippen LogP contribution in [0, 0.1) is 0 Å². The Bertz CT molecular complexity index is 273. The van der Waals surface area contributed by atoms with Gasteiger partial charge in [0.25, 0.3) is 0 Å². The van der Waals surface area contributed by atoms with Crippen molar-refractivity contribution in [1.29, 1.82) is 0 Å². The smallest absolute Gasteiger partial charge is 0.0924 e. The molecule has 0 fully saturated rings. The second kappa shape index (κ2) is 3.56. The van der Waals surface area contributed by atoms with Crippen molar-refractivity contribution < 1.29 is 0 Å². The molecule has 0 spiro atoms. The Morgan fingerprint density at radius 3 is 2.73 bits per heavy atom. The van der Waals surface area contributed by atoms with Gasteiger partial charge in [-0.3, -0.25) is 0 Å². The van der Waals surface area contributed by atoms with E-state index in [1.165, 1.54) is 0 Å². The van der Waals surface area contributed by atoms with Gasteiger partial charge in [0, 0.05) is 11.3 Å². The van der Waals surface area contributed by atoms with Crippen molar-refractivity contribution in [2.24, 2.45) is 16.7 Å². The van der Waals surface area contributed by atoms with E-state index in [0.717, 1.165) is 11.3 Å². The number of hydrogen-bond donors (Lipinski definition) is 2. The van der Waals surface area contributed by atoms with Gasteiger partial charge in [0.2, 0.25) is 0 Å². The zero-order chi connectivity index (χ0) is 8.27. The number of rotatable bonds is 0. The summed E-state index contributed by atoms with van der Waals surface area (Å²) >= 11 is 2.13. The van der Waals surface area contributed by atoms with E-state index in [-0.39, 0.29) is 0 Å². The molecule has 0 aromatic carbocycles. The molecule has 0 amide bonds. The second-order valence-electron chi connectivity index (χ2n) is 2.06. The van der Waals surface area contributed by atoms with Crippen LogP contribution in [-0.2, 0) is 0 Å². The highest BCUT2D eigenvalue weighted by Crippen LogP contribution is 2.11. The van der Waals surface area contributed by atoms with Crippen molar-refractivity contribution in [1.82, 2.24) is 0 Å². The fourth-order valence-electron chi connectivity index (χ4n) is 0.765. The third-order valence-electron chi connectivity index (χ3n) is 1.31. The molecular formula is C7H8IN3. The predicted molar refractivity (Wildman–Crippen MR) is 55.1 cm³/mol. The van der Waals surface area contributed by atoms with Gasteiger partial charge in [-0.25, -0.2) is 0 Å². The van der Waals surface area contributed by atoms with Gasteiger partial charge < -0.3 is 11.6 Å². The van der Waals surface area contributed by atoms with Crippen molar-refractivity contribution in [3.63, 3.8) is 0 Å². The fraction of sp³-hybridized carbons (Fsp3) is 0. The van der Waals surface area contributed by atoms with Gasteiger partial charge in [0.1, 0.15) is 0 Å². The summed E-state index contributed by atoms with van der Waals surface area (Å²) in [4.78, 5) is 0. The number of allylic oxidation sites excluding steroid dienone is 4. The maximum atomic E-state index is 5.53. The number of nitrogens with zero attached hydrogens (tertiary/aromatic N) is 1. The zero-order valence-electron chi connectivity index (χ0n) is 5.79. The van der Waals surface area contributed by atoms with E-state index in [0.29, 0.717) is 5.70 Å². The van der Waals surface area contributed by atoms with E-state index < -0.39 is 0 Å². The third kappa shape index (κ3) is 1.83. The molecule has 0 unspecified atom stereocenters. The van der Waals surface area contributed by atoms with E-state index in [1.807, 2.05) is 16.2 Å². The van der Waals surface area contributed by atoms with Crippen LogP contribution in [0.3, 0.4) is 0 Å². The van der Waals surface area contributed by atoms with Crippen LogP contribution in [-0.4, -0.2) is 5.71 Å². The highest BCUT2D eigenvalue weighted by molar-refractivity contribution is 14.1. The van der Waals surface area contributed by atoms with Crippen LogP contribution in [0.5, 0.6) is 0 Å². The third-order valence-corrected chi connectivity index (χ3v) is 1.98. The van der Waals surface area contributed by atoms with Crippen molar-refractivity contribution in [3.05, 3.63) is 33.6 Å². The summed E-state index contributed by atoms with van der Waals surface area (Å²) < 4.78 is 1.91. The summed E-state index contributed by atoms with van der Waals surface area (Å²) in [5.74, 6) is 5.14. The Balaban J connectivity index is 3.03. The number of hydrazone groups is 1. The molecule has 0 bridgehead atoms. The van der Waals surface area contributed by atoms with Gasteiger partial charge in [-0.2, -0.15) is 5.10 Å². The number of halogens is 1. The summed E-state index contributed by atoms with van der Waals surface area (Å²) in [6.45, 7) is 0. The molecule has 11 heavy (non-hydrogen) atoms. The first-order valence-corrected chi connectivity index (χ1v) is 4.26. The molecule has 0 saturated heterocycles. The first-order chi connectivity index (χ1) is 5.27. The van der Waals surface area contributed by atoms with E-state index in [1.54, 1.807) is 6.08 Å². The topological polar surface area (TPSA) is 64.4 Å². The molecule has 1 aliphatic carbocycles. The van der Waals surface area contributed by atoms with Crippen molar-refractivity contribution in [3.8, 4) is 0 Å². The lowest BCUT2D eigenvalue weighted by atomic mass is 10.1. The van der Waals surface area contributed by atoms with Crippen LogP contribution in [0.25, 0.3) is 0 Å². The minimum absolute atomic E-state index is 0.677. The van der Waals surface area contributed by atoms with Crippen LogP contribution < -0.4 is 11.6 Å². The average molecular weight is 261 g/mol. The van der Waals surface area contributed by atoms with E-state index in [2.05, 4.69) is 27.7 Å². The molecule has 4 heteroatoms. The normalized spacial score (nSPS) is 24.3. The van der Waals surface area contributed by atoms with E-state index >= 15 is 0 Å². The largest absolute Gasteiger partial charge is 0.399 e. The zero-order valence-corrected chi connectivity index (χ0v) is 7.95. The van der Waals surface area contributed by atoms with Crippen LogP contribution in [0.15, 0.2) is 38.7 Å². The van der Waals surface area contributed by atoms with Crippen LogP contribution >= 0.6 is 22.6 Å².